The van der Waals surface area contributed by atoms with Gasteiger partial charge in [0.1, 0.15) is 19.0 Å². The Kier molecular flexibility index (Phi) is 8.23. The lowest BCUT2D eigenvalue weighted by Crippen LogP contribution is -2.27. The maximum absolute atomic E-state index is 12.9. The lowest BCUT2D eigenvalue weighted by atomic mass is 10.1. The van der Waals surface area contributed by atoms with Gasteiger partial charge in [-0.25, -0.2) is 0 Å². The average molecular weight is 530 g/mol. The normalized spacial score (nSPS) is 14.5. The number of ether oxygens (including phenoxy) is 3. The van der Waals surface area contributed by atoms with Crippen LogP contribution in [0.4, 0.5) is 4.79 Å². The minimum atomic E-state index is -0.372. The van der Waals surface area contributed by atoms with Crippen molar-refractivity contribution in [2.24, 2.45) is 0 Å². The maximum Gasteiger partial charge on any atom is 0.293 e. The summed E-state index contributed by atoms with van der Waals surface area (Å²) in [5, 5.41) is 0.430. The molecular weight excluding hydrogens is 509 g/mol. The van der Waals surface area contributed by atoms with Crippen molar-refractivity contribution in [1.29, 1.82) is 0 Å². The van der Waals surface area contributed by atoms with Crippen LogP contribution in [0, 0.1) is 0 Å². The SMILES string of the molecule is COc1cc(/C=C2\SC(=O)N(Cc3ccc(Cl)c(Cl)c3)C2=O)ccc1OCCOc1ccccc1. The third kappa shape index (κ3) is 6.31. The molecule has 0 aliphatic carbocycles. The van der Waals surface area contributed by atoms with E-state index < -0.39 is 0 Å². The second-order valence-corrected chi connectivity index (χ2v) is 9.24. The molecule has 0 saturated carbocycles. The molecule has 6 nitrogen and oxygen atoms in total. The molecule has 0 N–H and O–H groups in total. The second-order valence-electron chi connectivity index (χ2n) is 7.44. The number of hydrogen-bond acceptors (Lipinski definition) is 6. The first-order chi connectivity index (χ1) is 16.9. The molecule has 3 aromatic carbocycles. The van der Waals surface area contributed by atoms with Crippen LogP contribution < -0.4 is 14.2 Å². The quantitative estimate of drug-likeness (QED) is 0.227. The minimum Gasteiger partial charge on any atom is -0.493 e. The maximum atomic E-state index is 12.9. The van der Waals surface area contributed by atoms with Gasteiger partial charge in [-0.05, 0) is 65.4 Å². The zero-order chi connectivity index (χ0) is 24.8. The number of imide groups is 1. The first kappa shape index (κ1) is 25.0. The summed E-state index contributed by atoms with van der Waals surface area (Å²) in [7, 11) is 1.54. The van der Waals surface area contributed by atoms with Crippen molar-refractivity contribution in [2.45, 2.75) is 6.54 Å². The van der Waals surface area contributed by atoms with Crippen LogP contribution in [0.5, 0.6) is 17.2 Å². The van der Waals surface area contributed by atoms with Crippen molar-refractivity contribution < 1.29 is 23.8 Å². The topological polar surface area (TPSA) is 65.1 Å². The summed E-state index contributed by atoms with van der Waals surface area (Å²) >= 11 is 12.9. The van der Waals surface area contributed by atoms with E-state index in [0.717, 1.165) is 17.5 Å². The molecule has 4 rings (SSSR count). The third-order valence-electron chi connectivity index (χ3n) is 5.04. The van der Waals surface area contributed by atoms with Crippen molar-refractivity contribution in [2.75, 3.05) is 20.3 Å². The molecule has 1 heterocycles. The molecule has 1 aliphatic heterocycles. The highest BCUT2D eigenvalue weighted by Crippen LogP contribution is 2.35. The fraction of sp³-hybridized carbons (Fsp3) is 0.154. The van der Waals surface area contributed by atoms with E-state index >= 15 is 0 Å². The number of rotatable bonds is 9. The lowest BCUT2D eigenvalue weighted by Gasteiger charge is -2.13. The summed E-state index contributed by atoms with van der Waals surface area (Å²) in [5.41, 5.74) is 1.41. The Bertz CT molecular complexity index is 1270. The molecular formula is C26H21Cl2NO5S. The van der Waals surface area contributed by atoms with E-state index in [9.17, 15) is 9.59 Å². The molecule has 0 unspecified atom stereocenters. The van der Waals surface area contributed by atoms with Crippen LogP contribution in [0.2, 0.25) is 10.0 Å². The van der Waals surface area contributed by atoms with E-state index in [0.29, 0.717) is 50.8 Å². The lowest BCUT2D eigenvalue weighted by molar-refractivity contribution is -0.123. The Labute approximate surface area is 217 Å². The highest BCUT2D eigenvalue weighted by molar-refractivity contribution is 8.18. The highest BCUT2D eigenvalue weighted by atomic mass is 35.5. The van der Waals surface area contributed by atoms with Crippen LogP contribution in [-0.2, 0) is 11.3 Å². The van der Waals surface area contributed by atoms with Gasteiger partial charge in [0.15, 0.2) is 11.5 Å². The summed E-state index contributed by atoms with van der Waals surface area (Å²) in [6.07, 6.45) is 1.66. The Balaban J connectivity index is 1.40. The highest BCUT2D eigenvalue weighted by Gasteiger charge is 2.35. The van der Waals surface area contributed by atoms with Crippen molar-refractivity contribution >= 4 is 52.2 Å². The van der Waals surface area contributed by atoms with E-state index in [4.69, 9.17) is 37.4 Å². The van der Waals surface area contributed by atoms with Crippen LogP contribution in [0.25, 0.3) is 6.08 Å². The molecule has 1 saturated heterocycles. The Morgan fingerprint density at radius 3 is 2.40 bits per heavy atom. The first-order valence-corrected chi connectivity index (χ1v) is 12.2. The van der Waals surface area contributed by atoms with Crippen LogP contribution in [0.1, 0.15) is 11.1 Å². The van der Waals surface area contributed by atoms with Gasteiger partial charge in [-0.3, -0.25) is 14.5 Å². The van der Waals surface area contributed by atoms with Crippen LogP contribution >= 0.6 is 35.0 Å². The van der Waals surface area contributed by atoms with Gasteiger partial charge in [0.25, 0.3) is 11.1 Å². The Morgan fingerprint density at radius 1 is 0.886 bits per heavy atom. The van der Waals surface area contributed by atoms with Gasteiger partial charge in [-0.15, -0.1) is 0 Å². The van der Waals surface area contributed by atoms with Gasteiger partial charge in [-0.2, -0.15) is 0 Å². The molecule has 1 fully saturated rings. The van der Waals surface area contributed by atoms with E-state index in [1.165, 1.54) is 12.0 Å². The van der Waals surface area contributed by atoms with Crippen LogP contribution in [0.3, 0.4) is 0 Å². The average Bonchev–Trinajstić information content (AvgIpc) is 3.12. The number of carbonyl (C=O) groups excluding carboxylic acids is 2. The molecule has 0 aromatic heterocycles. The largest absolute Gasteiger partial charge is 0.493 e. The summed E-state index contributed by atoms with van der Waals surface area (Å²) in [5.74, 6) is 1.46. The second kappa shape index (κ2) is 11.5. The number of halogens is 2. The van der Waals surface area contributed by atoms with Crippen LogP contribution in [-0.4, -0.2) is 36.4 Å². The van der Waals surface area contributed by atoms with Gasteiger partial charge in [0.2, 0.25) is 0 Å². The van der Waals surface area contributed by atoms with E-state index in [1.54, 1.807) is 42.5 Å². The molecule has 0 bridgehead atoms. The Morgan fingerprint density at radius 2 is 1.66 bits per heavy atom. The molecule has 3 aromatic rings. The number of para-hydroxylation sites is 1. The molecule has 2 amide bonds. The van der Waals surface area contributed by atoms with Gasteiger partial charge < -0.3 is 14.2 Å². The molecule has 0 atom stereocenters. The van der Waals surface area contributed by atoms with E-state index in [-0.39, 0.29) is 17.7 Å². The first-order valence-electron chi connectivity index (χ1n) is 10.6. The summed E-state index contributed by atoms with van der Waals surface area (Å²) in [6, 6.07) is 19.8. The fourth-order valence-corrected chi connectivity index (χ4v) is 4.49. The molecule has 0 radical (unpaired) electrons. The van der Waals surface area contributed by atoms with E-state index in [1.807, 2.05) is 30.3 Å². The van der Waals surface area contributed by atoms with Crippen molar-refractivity contribution in [3.63, 3.8) is 0 Å². The van der Waals surface area contributed by atoms with E-state index in [2.05, 4.69) is 0 Å². The zero-order valence-electron chi connectivity index (χ0n) is 18.7. The standard InChI is InChI=1S/C26H21Cl2NO5S/c1-32-23-14-17(8-10-22(23)34-12-11-33-19-5-3-2-4-6-19)15-24-25(30)29(26(31)35-24)16-18-7-9-20(27)21(28)13-18/h2-10,13-15H,11-12,16H2,1H3/b24-15-. The number of methoxy groups -OCH3 is 1. The van der Waals surface area contributed by atoms with Gasteiger partial charge >= 0.3 is 0 Å². The van der Waals surface area contributed by atoms with Gasteiger partial charge in [0, 0.05) is 0 Å². The number of nitrogens with zero attached hydrogens (tertiary/aromatic N) is 1. The Hall–Kier alpha value is -3.13. The zero-order valence-corrected chi connectivity index (χ0v) is 21.0. The number of carbonyl (C=O) groups is 2. The van der Waals surface area contributed by atoms with Gasteiger partial charge in [-0.1, -0.05) is 53.5 Å². The number of hydrogen-bond donors (Lipinski definition) is 0. The minimum absolute atomic E-state index is 0.111. The van der Waals surface area contributed by atoms with Crippen molar-refractivity contribution in [1.82, 2.24) is 4.90 Å². The van der Waals surface area contributed by atoms with Crippen molar-refractivity contribution in [3.8, 4) is 17.2 Å². The molecule has 35 heavy (non-hydrogen) atoms. The fourth-order valence-electron chi connectivity index (χ4n) is 3.33. The summed E-state index contributed by atoms with van der Waals surface area (Å²) in [4.78, 5) is 26.9. The number of amides is 2. The molecule has 9 heteroatoms. The predicted molar refractivity (Wildman–Crippen MR) is 138 cm³/mol. The molecule has 1 aliphatic rings. The third-order valence-corrected chi connectivity index (χ3v) is 6.68. The monoisotopic (exact) mass is 529 g/mol. The van der Waals surface area contributed by atoms with Gasteiger partial charge in [0.05, 0.1) is 28.6 Å². The summed E-state index contributed by atoms with van der Waals surface area (Å²) in [6.45, 7) is 0.819. The smallest absolute Gasteiger partial charge is 0.293 e. The molecule has 180 valence electrons. The van der Waals surface area contributed by atoms with Crippen molar-refractivity contribution in [3.05, 3.63) is 92.8 Å². The number of thioether (sulfide) groups is 1. The predicted octanol–water partition coefficient (Wildman–Crippen LogP) is 6.70. The summed E-state index contributed by atoms with van der Waals surface area (Å²) < 4.78 is 16.9. The van der Waals surface area contributed by atoms with Crippen LogP contribution in [0.15, 0.2) is 71.6 Å². The molecule has 0 spiro atoms. The number of benzene rings is 3.